The van der Waals surface area contributed by atoms with Crippen LogP contribution >= 0.6 is 22.9 Å². The molecule has 0 bridgehead atoms. The van der Waals surface area contributed by atoms with Gasteiger partial charge in [-0.05, 0) is 12.1 Å². The van der Waals surface area contributed by atoms with E-state index in [9.17, 15) is 4.79 Å². The Kier molecular flexibility index (Phi) is 5.38. The van der Waals surface area contributed by atoms with Crippen LogP contribution in [0.1, 0.15) is 15.4 Å². The average Bonchev–Trinajstić information content (AvgIpc) is 3.37. The number of hydrogen-bond donors (Lipinski definition) is 2. The van der Waals surface area contributed by atoms with Gasteiger partial charge in [0.15, 0.2) is 5.65 Å². The van der Waals surface area contributed by atoms with E-state index < -0.39 is 5.97 Å². The van der Waals surface area contributed by atoms with Crippen molar-refractivity contribution < 1.29 is 19.4 Å². The van der Waals surface area contributed by atoms with Crippen LogP contribution in [0.2, 0.25) is 5.02 Å². The number of carbonyl (C=O) groups is 1. The predicted molar refractivity (Wildman–Crippen MR) is 111 cm³/mol. The van der Waals surface area contributed by atoms with E-state index in [1.807, 2.05) is 12.1 Å². The summed E-state index contributed by atoms with van der Waals surface area (Å²) in [6.45, 7) is 0.419. The molecule has 0 saturated heterocycles. The monoisotopic (exact) mass is 446 g/mol. The maximum absolute atomic E-state index is 11.1. The number of hydrogen-bond acceptors (Lipinski definition) is 9. The van der Waals surface area contributed by atoms with E-state index in [-0.39, 0.29) is 5.01 Å². The van der Waals surface area contributed by atoms with Crippen LogP contribution in [0.15, 0.2) is 30.7 Å². The van der Waals surface area contributed by atoms with Gasteiger partial charge in [-0.3, -0.25) is 4.57 Å². The molecule has 0 radical (unpaired) electrons. The van der Waals surface area contributed by atoms with E-state index in [4.69, 9.17) is 26.2 Å². The van der Waals surface area contributed by atoms with Crippen LogP contribution in [-0.4, -0.2) is 50.0 Å². The molecule has 12 heteroatoms. The molecule has 3 heterocycles. The molecular weight excluding hydrogens is 432 g/mol. The third-order valence-electron chi connectivity index (χ3n) is 4.28. The summed E-state index contributed by atoms with van der Waals surface area (Å²) >= 11 is 7.36. The molecule has 0 amide bonds. The first-order chi connectivity index (χ1) is 14.5. The van der Waals surface area contributed by atoms with Gasteiger partial charge in [0.2, 0.25) is 10.1 Å². The van der Waals surface area contributed by atoms with Gasteiger partial charge in [0, 0.05) is 24.4 Å². The zero-order chi connectivity index (χ0) is 21.3. The van der Waals surface area contributed by atoms with E-state index in [1.54, 1.807) is 31.0 Å². The second-order valence-corrected chi connectivity index (χ2v) is 7.36. The van der Waals surface area contributed by atoms with Gasteiger partial charge >= 0.3 is 5.97 Å². The largest absolute Gasteiger partial charge is 0.497 e. The molecule has 0 fully saturated rings. The standard InChI is InChI=1S/C18H15ClN6O4S/c1-28-10-4-3-9(12(5-10)29-2)6-20-14-13-11(19)7-25(15(13)22-8-21-14)18-24-23-16(30-18)17(26)27/h3-5,7-8H,6H2,1-2H3,(H,26,27)(H,20,21,22). The van der Waals surface area contributed by atoms with Gasteiger partial charge in [-0.15, -0.1) is 10.2 Å². The highest BCUT2D eigenvalue weighted by Gasteiger charge is 2.19. The lowest BCUT2D eigenvalue weighted by Crippen LogP contribution is -2.04. The van der Waals surface area contributed by atoms with Gasteiger partial charge in [-0.2, -0.15) is 0 Å². The summed E-state index contributed by atoms with van der Waals surface area (Å²) in [5, 5.41) is 21.1. The predicted octanol–water partition coefficient (Wildman–Crippen LogP) is 3.25. The normalized spacial score (nSPS) is 10.9. The second kappa shape index (κ2) is 8.13. The molecule has 0 spiro atoms. The fourth-order valence-electron chi connectivity index (χ4n) is 2.87. The van der Waals surface area contributed by atoms with Crippen molar-refractivity contribution >= 4 is 45.8 Å². The highest BCUT2D eigenvalue weighted by molar-refractivity contribution is 7.15. The minimum atomic E-state index is -1.15. The average molecular weight is 447 g/mol. The number of rotatable bonds is 7. The van der Waals surface area contributed by atoms with E-state index in [1.165, 1.54) is 6.33 Å². The van der Waals surface area contributed by atoms with Crippen LogP contribution in [0, 0.1) is 0 Å². The number of halogens is 1. The maximum atomic E-state index is 11.1. The van der Waals surface area contributed by atoms with Crippen molar-refractivity contribution in [3.63, 3.8) is 0 Å². The Labute approximate surface area is 179 Å². The summed E-state index contributed by atoms with van der Waals surface area (Å²) in [6, 6.07) is 5.53. The van der Waals surface area contributed by atoms with Crippen LogP contribution in [0.25, 0.3) is 16.2 Å². The molecule has 3 aromatic heterocycles. The Morgan fingerprint density at radius 3 is 2.80 bits per heavy atom. The highest BCUT2D eigenvalue weighted by atomic mass is 35.5. The number of aromatic nitrogens is 5. The van der Waals surface area contributed by atoms with Crippen molar-refractivity contribution in [1.82, 2.24) is 24.7 Å². The molecule has 4 aromatic rings. The number of anilines is 1. The number of fused-ring (bicyclic) bond motifs is 1. The van der Waals surface area contributed by atoms with Gasteiger partial charge in [-0.25, -0.2) is 14.8 Å². The van der Waals surface area contributed by atoms with E-state index in [0.717, 1.165) is 16.9 Å². The Hall–Kier alpha value is -3.44. The smallest absolute Gasteiger partial charge is 0.367 e. The van der Waals surface area contributed by atoms with Gasteiger partial charge in [-0.1, -0.05) is 22.9 Å². The molecule has 30 heavy (non-hydrogen) atoms. The third kappa shape index (κ3) is 3.60. The van der Waals surface area contributed by atoms with Crippen LogP contribution in [0.4, 0.5) is 5.82 Å². The number of ether oxygens (including phenoxy) is 2. The summed E-state index contributed by atoms with van der Waals surface area (Å²) in [4.78, 5) is 19.7. The fourth-order valence-corrected chi connectivity index (χ4v) is 3.81. The molecule has 0 atom stereocenters. The lowest BCUT2D eigenvalue weighted by atomic mass is 10.2. The molecule has 0 aliphatic carbocycles. The third-order valence-corrected chi connectivity index (χ3v) is 5.48. The first-order valence-corrected chi connectivity index (χ1v) is 9.74. The van der Waals surface area contributed by atoms with Crippen molar-refractivity contribution in [3.05, 3.63) is 46.3 Å². The molecule has 1 aromatic carbocycles. The molecule has 154 valence electrons. The summed E-state index contributed by atoms with van der Waals surface area (Å²) in [6.07, 6.45) is 2.99. The molecule has 0 unspecified atom stereocenters. The lowest BCUT2D eigenvalue weighted by molar-refractivity contribution is 0.0695. The minimum absolute atomic E-state index is 0.123. The molecule has 0 saturated carbocycles. The number of carboxylic acid groups (broad SMARTS) is 1. The quantitative estimate of drug-likeness (QED) is 0.440. The lowest BCUT2D eigenvalue weighted by Gasteiger charge is -2.12. The molecule has 2 N–H and O–H groups in total. The second-order valence-electron chi connectivity index (χ2n) is 5.99. The Balaban J connectivity index is 1.68. The number of nitrogens with one attached hydrogen (secondary N) is 1. The Bertz CT molecular complexity index is 1240. The number of carboxylic acids is 1. The summed E-state index contributed by atoms with van der Waals surface area (Å²) < 4.78 is 12.2. The molecular formula is C18H15ClN6O4S. The van der Waals surface area contributed by atoms with E-state index in [0.29, 0.717) is 45.0 Å². The molecule has 0 aliphatic heterocycles. The number of methoxy groups -OCH3 is 2. The van der Waals surface area contributed by atoms with E-state index in [2.05, 4.69) is 25.5 Å². The van der Waals surface area contributed by atoms with Gasteiger partial charge < -0.3 is 19.9 Å². The van der Waals surface area contributed by atoms with Gasteiger partial charge in [0.25, 0.3) is 0 Å². The van der Waals surface area contributed by atoms with Gasteiger partial charge in [0.1, 0.15) is 23.6 Å². The summed E-state index contributed by atoms with van der Waals surface area (Å²) in [5.74, 6) is 0.736. The minimum Gasteiger partial charge on any atom is -0.497 e. The first kappa shape index (κ1) is 19.9. The SMILES string of the molecule is COc1ccc(CNc2ncnc3c2c(Cl)cn3-c2nnc(C(=O)O)s2)c(OC)c1. The van der Waals surface area contributed by atoms with Crippen LogP contribution < -0.4 is 14.8 Å². The van der Waals surface area contributed by atoms with Gasteiger partial charge in [0.05, 0.1) is 24.6 Å². The molecule has 0 aliphatic rings. The molecule has 10 nitrogen and oxygen atoms in total. The van der Waals surface area contributed by atoms with Crippen LogP contribution in [0.3, 0.4) is 0 Å². The first-order valence-electron chi connectivity index (χ1n) is 8.55. The Morgan fingerprint density at radius 1 is 1.27 bits per heavy atom. The zero-order valence-corrected chi connectivity index (χ0v) is 17.4. The number of aromatic carboxylic acids is 1. The van der Waals surface area contributed by atoms with Crippen molar-refractivity contribution in [1.29, 1.82) is 0 Å². The van der Waals surface area contributed by atoms with Crippen molar-refractivity contribution in [2.24, 2.45) is 0 Å². The maximum Gasteiger partial charge on any atom is 0.367 e. The van der Waals surface area contributed by atoms with Crippen molar-refractivity contribution in [3.8, 4) is 16.6 Å². The summed E-state index contributed by atoms with van der Waals surface area (Å²) in [5.41, 5.74) is 1.38. The van der Waals surface area contributed by atoms with E-state index >= 15 is 0 Å². The number of nitrogens with zero attached hydrogens (tertiary/aromatic N) is 5. The summed E-state index contributed by atoms with van der Waals surface area (Å²) in [7, 11) is 3.18. The molecule has 4 rings (SSSR count). The topological polar surface area (TPSA) is 124 Å². The van der Waals surface area contributed by atoms with Crippen LogP contribution in [-0.2, 0) is 6.54 Å². The Morgan fingerprint density at radius 2 is 2.10 bits per heavy atom. The fraction of sp³-hybridized carbons (Fsp3) is 0.167. The number of benzene rings is 1. The highest BCUT2D eigenvalue weighted by Crippen LogP contribution is 2.33. The van der Waals surface area contributed by atoms with Crippen LogP contribution in [0.5, 0.6) is 11.5 Å². The zero-order valence-electron chi connectivity index (χ0n) is 15.8. The van der Waals surface area contributed by atoms with Crippen molar-refractivity contribution in [2.45, 2.75) is 6.54 Å². The van der Waals surface area contributed by atoms with Crippen molar-refractivity contribution in [2.75, 3.05) is 19.5 Å².